The Morgan fingerprint density at radius 2 is 2.13 bits per heavy atom. The van der Waals surface area contributed by atoms with E-state index in [1.54, 1.807) is 13.0 Å². The molecule has 0 aromatic heterocycles. The second kappa shape index (κ2) is 9.52. The van der Waals surface area contributed by atoms with Gasteiger partial charge in [-0.2, -0.15) is 0 Å². The maximum Gasteiger partial charge on any atom is 0.159 e. The van der Waals surface area contributed by atoms with Gasteiger partial charge in [-0.05, 0) is 25.8 Å². The summed E-state index contributed by atoms with van der Waals surface area (Å²) in [6.45, 7) is 5.92. The van der Waals surface area contributed by atoms with E-state index >= 15 is 0 Å². The average molecular weight is 206 g/mol. The van der Waals surface area contributed by atoms with Crippen LogP contribution in [0.1, 0.15) is 52.9 Å². The zero-order valence-electron chi connectivity index (χ0n) is 10.2. The number of unbranched alkanes of at least 4 members (excludes halogenated alkanes) is 3. The van der Waals surface area contributed by atoms with E-state index in [0.29, 0.717) is 6.42 Å². The molecule has 1 atom stereocenters. The highest BCUT2D eigenvalue weighted by atomic mass is 16.1. The van der Waals surface area contributed by atoms with Crippen LogP contribution in [0.2, 0.25) is 0 Å². The molecule has 0 amide bonds. The van der Waals surface area contributed by atoms with Crippen molar-refractivity contribution in [3.8, 4) is 11.8 Å². The van der Waals surface area contributed by atoms with Gasteiger partial charge in [-0.15, -0.1) is 11.8 Å². The number of carbonyl (C=O) groups excluding carboxylic acids is 1. The van der Waals surface area contributed by atoms with Gasteiger partial charge >= 0.3 is 0 Å². The molecule has 15 heavy (non-hydrogen) atoms. The number of allylic oxidation sites excluding steroid dienone is 2. The van der Waals surface area contributed by atoms with Crippen LogP contribution in [0.15, 0.2) is 12.2 Å². The smallest absolute Gasteiger partial charge is 0.159 e. The molecule has 0 aliphatic heterocycles. The first-order chi connectivity index (χ1) is 7.22. The average Bonchev–Trinajstić information content (AvgIpc) is 2.25. The Hall–Kier alpha value is -1.03. The van der Waals surface area contributed by atoms with Crippen molar-refractivity contribution >= 4 is 5.78 Å². The van der Waals surface area contributed by atoms with Crippen LogP contribution >= 0.6 is 0 Å². The molecule has 0 aromatic carbocycles. The van der Waals surface area contributed by atoms with Crippen LogP contribution in [0.25, 0.3) is 0 Å². The Balaban J connectivity index is 3.73. The lowest BCUT2D eigenvalue weighted by Crippen LogP contribution is -2.06. The highest BCUT2D eigenvalue weighted by molar-refractivity contribution is 5.91. The molecule has 0 aromatic rings. The van der Waals surface area contributed by atoms with Crippen LogP contribution < -0.4 is 0 Å². The third kappa shape index (κ3) is 8.00. The predicted molar refractivity (Wildman–Crippen MR) is 65.5 cm³/mol. The number of hydrogen-bond acceptors (Lipinski definition) is 1. The number of carbonyl (C=O) groups is 1. The van der Waals surface area contributed by atoms with Crippen LogP contribution in [0.5, 0.6) is 0 Å². The Morgan fingerprint density at radius 3 is 2.73 bits per heavy atom. The van der Waals surface area contributed by atoms with E-state index in [4.69, 9.17) is 0 Å². The Morgan fingerprint density at radius 1 is 1.40 bits per heavy atom. The molecule has 0 saturated carbocycles. The van der Waals surface area contributed by atoms with Crippen LogP contribution in [-0.4, -0.2) is 5.78 Å². The fraction of sp³-hybridized carbons (Fsp3) is 0.643. The van der Waals surface area contributed by atoms with Gasteiger partial charge in [0.1, 0.15) is 0 Å². The summed E-state index contributed by atoms with van der Waals surface area (Å²) in [5.41, 5.74) is 0. The van der Waals surface area contributed by atoms with Crippen molar-refractivity contribution in [1.82, 2.24) is 0 Å². The topological polar surface area (TPSA) is 17.1 Å². The van der Waals surface area contributed by atoms with E-state index in [9.17, 15) is 4.79 Å². The second-order valence-corrected chi connectivity index (χ2v) is 3.83. The van der Waals surface area contributed by atoms with Crippen LogP contribution in [0.4, 0.5) is 0 Å². The van der Waals surface area contributed by atoms with E-state index in [-0.39, 0.29) is 11.7 Å². The molecule has 0 saturated heterocycles. The standard InChI is InChI=1S/C14H22O/c1-4-6-8-9-10-12-14(15)13(3)11-7-5-2/h10,12-13H,4,6,8-9,11H2,1-3H3/b12-10+. The van der Waals surface area contributed by atoms with Crippen LogP contribution in [0.3, 0.4) is 0 Å². The first-order valence-electron chi connectivity index (χ1n) is 5.82. The van der Waals surface area contributed by atoms with E-state index in [0.717, 1.165) is 6.42 Å². The van der Waals surface area contributed by atoms with Crippen LogP contribution in [-0.2, 0) is 4.79 Å². The molecule has 0 aliphatic rings. The monoisotopic (exact) mass is 206 g/mol. The van der Waals surface area contributed by atoms with Gasteiger partial charge in [0.05, 0.1) is 0 Å². The number of rotatable bonds is 7. The summed E-state index contributed by atoms with van der Waals surface area (Å²) in [4.78, 5) is 11.5. The number of hydrogen-bond donors (Lipinski definition) is 0. The molecule has 0 spiro atoms. The third-order valence-electron chi connectivity index (χ3n) is 2.33. The predicted octanol–water partition coefficient (Wildman–Crippen LogP) is 3.74. The minimum absolute atomic E-state index is 0.0416. The highest BCUT2D eigenvalue weighted by Gasteiger charge is 2.06. The summed E-state index contributed by atoms with van der Waals surface area (Å²) in [7, 11) is 0. The van der Waals surface area contributed by atoms with Gasteiger partial charge < -0.3 is 0 Å². The van der Waals surface area contributed by atoms with E-state index in [1.807, 2.05) is 13.0 Å². The first-order valence-corrected chi connectivity index (χ1v) is 5.82. The zero-order valence-corrected chi connectivity index (χ0v) is 10.2. The molecule has 1 unspecified atom stereocenters. The van der Waals surface area contributed by atoms with Crippen molar-refractivity contribution in [2.75, 3.05) is 0 Å². The van der Waals surface area contributed by atoms with Crippen LogP contribution in [0, 0.1) is 17.8 Å². The maximum absolute atomic E-state index is 11.5. The van der Waals surface area contributed by atoms with E-state index in [2.05, 4.69) is 18.8 Å². The minimum atomic E-state index is 0.0416. The van der Waals surface area contributed by atoms with Crippen molar-refractivity contribution in [2.45, 2.75) is 52.9 Å². The van der Waals surface area contributed by atoms with Gasteiger partial charge in [-0.3, -0.25) is 4.79 Å². The van der Waals surface area contributed by atoms with Crippen molar-refractivity contribution in [3.05, 3.63) is 12.2 Å². The van der Waals surface area contributed by atoms with Crippen molar-refractivity contribution in [2.24, 2.45) is 5.92 Å². The largest absolute Gasteiger partial charge is 0.295 e. The minimum Gasteiger partial charge on any atom is -0.295 e. The Labute approximate surface area is 94.0 Å². The lowest BCUT2D eigenvalue weighted by Gasteiger charge is -2.01. The molecular weight excluding hydrogens is 184 g/mol. The summed E-state index contributed by atoms with van der Waals surface area (Å²) < 4.78 is 0. The Kier molecular flexibility index (Phi) is 8.87. The van der Waals surface area contributed by atoms with E-state index < -0.39 is 0 Å². The zero-order chi connectivity index (χ0) is 11.5. The molecule has 0 bridgehead atoms. The number of ketones is 1. The molecule has 0 fully saturated rings. The van der Waals surface area contributed by atoms with Gasteiger partial charge in [0.2, 0.25) is 0 Å². The van der Waals surface area contributed by atoms with Crippen molar-refractivity contribution in [3.63, 3.8) is 0 Å². The second-order valence-electron chi connectivity index (χ2n) is 3.83. The van der Waals surface area contributed by atoms with Gasteiger partial charge in [0.15, 0.2) is 5.78 Å². The summed E-state index contributed by atoms with van der Waals surface area (Å²) in [6, 6.07) is 0. The SMILES string of the molecule is CC#CCC(C)C(=O)/C=C/CCCCC. The fourth-order valence-corrected chi connectivity index (χ4v) is 1.23. The lowest BCUT2D eigenvalue weighted by atomic mass is 10.0. The first kappa shape index (κ1) is 14.0. The summed E-state index contributed by atoms with van der Waals surface area (Å²) in [5, 5.41) is 0. The molecule has 0 aliphatic carbocycles. The summed E-state index contributed by atoms with van der Waals surface area (Å²) in [5.74, 6) is 5.99. The quantitative estimate of drug-likeness (QED) is 0.352. The molecule has 0 radical (unpaired) electrons. The highest BCUT2D eigenvalue weighted by Crippen LogP contribution is 2.05. The molecule has 0 heterocycles. The molecule has 1 heteroatoms. The molecule has 0 rings (SSSR count). The normalized spacial score (nSPS) is 12.2. The van der Waals surface area contributed by atoms with Gasteiger partial charge in [-0.25, -0.2) is 0 Å². The van der Waals surface area contributed by atoms with Crippen molar-refractivity contribution < 1.29 is 4.79 Å². The molecular formula is C14H22O. The van der Waals surface area contributed by atoms with Gasteiger partial charge in [0, 0.05) is 12.3 Å². The lowest BCUT2D eigenvalue weighted by molar-refractivity contribution is -0.117. The fourth-order valence-electron chi connectivity index (χ4n) is 1.23. The third-order valence-corrected chi connectivity index (χ3v) is 2.33. The Bertz CT molecular complexity index is 252. The van der Waals surface area contributed by atoms with Gasteiger partial charge in [-0.1, -0.05) is 32.8 Å². The molecule has 0 N–H and O–H groups in total. The van der Waals surface area contributed by atoms with Gasteiger partial charge in [0.25, 0.3) is 0 Å². The maximum atomic E-state index is 11.5. The molecule has 1 nitrogen and oxygen atoms in total. The summed E-state index contributed by atoms with van der Waals surface area (Å²) >= 11 is 0. The summed E-state index contributed by atoms with van der Waals surface area (Å²) in [6.07, 6.45) is 9.06. The van der Waals surface area contributed by atoms with Crippen molar-refractivity contribution in [1.29, 1.82) is 0 Å². The van der Waals surface area contributed by atoms with E-state index in [1.165, 1.54) is 19.3 Å². The molecule has 84 valence electrons.